The van der Waals surface area contributed by atoms with Crippen molar-refractivity contribution >= 4 is 17.6 Å². The van der Waals surface area contributed by atoms with Gasteiger partial charge in [0.1, 0.15) is 11.6 Å². The smallest absolute Gasteiger partial charge is 0.469 e. The van der Waals surface area contributed by atoms with Gasteiger partial charge in [-0.2, -0.15) is 0 Å². The standard InChI is InChI=1S/C12H8BF4.K/c14-11-5-1-9(2-6-11)13(16,17)10-3-7-12(15)8-4-10;/h1-8H;/q-1;+1. The molecule has 0 amide bonds. The van der Waals surface area contributed by atoms with E-state index in [1.807, 2.05) is 0 Å². The summed E-state index contributed by atoms with van der Waals surface area (Å²) in [6.07, 6.45) is 0. The number of hydrogen-bond donors (Lipinski definition) is 0. The third-order valence-electron chi connectivity index (χ3n) is 2.58. The molecular weight excluding hydrogens is 270 g/mol. The third-order valence-corrected chi connectivity index (χ3v) is 2.58. The fourth-order valence-electron chi connectivity index (χ4n) is 1.60. The van der Waals surface area contributed by atoms with Crippen LogP contribution in [0.2, 0.25) is 0 Å². The zero-order valence-corrected chi connectivity index (χ0v) is 12.8. The first-order chi connectivity index (χ1) is 8.00. The van der Waals surface area contributed by atoms with E-state index in [2.05, 4.69) is 0 Å². The molecule has 0 heterocycles. The molecule has 0 aliphatic heterocycles. The average Bonchev–Trinajstić information content (AvgIpc) is 2.30. The minimum absolute atomic E-state index is 0. The molecule has 0 N–H and O–H groups in total. The third kappa shape index (κ3) is 3.45. The summed E-state index contributed by atoms with van der Waals surface area (Å²) in [5.74, 6) is -1.14. The van der Waals surface area contributed by atoms with E-state index in [9.17, 15) is 17.4 Å². The summed E-state index contributed by atoms with van der Waals surface area (Å²) in [6.45, 7) is -3.97. The van der Waals surface area contributed by atoms with Crippen LogP contribution in [-0.4, -0.2) is 6.70 Å². The molecule has 0 radical (unpaired) electrons. The van der Waals surface area contributed by atoms with Gasteiger partial charge < -0.3 is 8.63 Å². The maximum Gasteiger partial charge on any atom is 1.00 e. The summed E-state index contributed by atoms with van der Waals surface area (Å²) in [5.41, 5.74) is -0.531. The van der Waals surface area contributed by atoms with Gasteiger partial charge in [-0.05, 0) is 24.3 Å². The molecule has 0 fully saturated rings. The molecule has 2 rings (SSSR count). The molecule has 0 aromatic heterocycles. The molecule has 0 aliphatic carbocycles. The predicted octanol–water partition coefficient (Wildman–Crippen LogP) is -0.536. The Balaban J connectivity index is 0.00000162. The average molecular weight is 278 g/mol. The van der Waals surface area contributed by atoms with Crippen LogP contribution in [0.5, 0.6) is 0 Å². The monoisotopic (exact) mass is 278 g/mol. The van der Waals surface area contributed by atoms with Gasteiger partial charge in [-0.3, -0.25) is 0 Å². The van der Waals surface area contributed by atoms with Gasteiger partial charge in [-0.25, -0.2) is 8.78 Å². The first kappa shape index (κ1) is 15.9. The van der Waals surface area contributed by atoms with E-state index in [0.29, 0.717) is 0 Å². The van der Waals surface area contributed by atoms with E-state index in [-0.39, 0.29) is 62.3 Å². The molecule has 18 heavy (non-hydrogen) atoms. The van der Waals surface area contributed by atoms with E-state index in [4.69, 9.17) is 0 Å². The van der Waals surface area contributed by atoms with Gasteiger partial charge in [-0.1, -0.05) is 24.3 Å². The molecule has 0 bridgehead atoms. The SMILES string of the molecule is Fc1ccc([B-](F)(F)c2ccc(F)cc2)cc1.[K+]. The van der Waals surface area contributed by atoms with Gasteiger partial charge in [0.2, 0.25) is 0 Å². The van der Waals surface area contributed by atoms with Crippen molar-refractivity contribution in [3.05, 3.63) is 60.2 Å². The van der Waals surface area contributed by atoms with Gasteiger partial charge in [0, 0.05) is 0 Å². The summed E-state index contributed by atoms with van der Waals surface area (Å²) < 4.78 is 53.2. The summed E-state index contributed by atoms with van der Waals surface area (Å²) >= 11 is 0. The molecule has 2 aromatic carbocycles. The van der Waals surface area contributed by atoms with Crippen molar-refractivity contribution in [1.29, 1.82) is 0 Å². The van der Waals surface area contributed by atoms with Crippen molar-refractivity contribution in [2.75, 3.05) is 0 Å². The normalized spacial score (nSPS) is 10.9. The van der Waals surface area contributed by atoms with Gasteiger partial charge in [-0.15, -0.1) is 10.9 Å². The Labute approximate surface area is 145 Å². The van der Waals surface area contributed by atoms with E-state index in [1.165, 1.54) is 0 Å². The van der Waals surface area contributed by atoms with Gasteiger partial charge in [0.25, 0.3) is 0 Å². The first-order valence-corrected chi connectivity index (χ1v) is 5.03. The quantitative estimate of drug-likeness (QED) is 0.511. The van der Waals surface area contributed by atoms with Crippen LogP contribution in [0.4, 0.5) is 17.4 Å². The van der Waals surface area contributed by atoms with Crippen LogP contribution in [0, 0.1) is 11.6 Å². The van der Waals surface area contributed by atoms with Crippen molar-refractivity contribution < 1.29 is 68.8 Å². The summed E-state index contributed by atoms with van der Waals surface area (Å²) in [5, 5.41) is 0. The van der Waals surface area contributed by atoms with Crippen LogP contribution in [0.1, 0.15) is 0 Å². The van der Waals surface area contributed by atoms with Crippen LogP contribution in [0.15, 0.2) is 48.5 Å². The predicted molar refractivity (Wildman–Crippen MR) is 60.0 cm³/mol. The van der Waals surface area contributed by atoms with Crippen LogP contribution in [0.25, 0.3) is 0 Å². The minimum Gasteiger partial charge on any atom is -0.469 e. The summed E-state index contributed by atoms with van der Waals surface area (Å²) in [7, 11) is 0. The Morgan fingerprint density at radius 1 is 0.611 bits per heavy atom. The van der Waals surface area contributed by atoms with Crippen molar-refractivity contribution in [2.45, 2.75) is 0 Å². The van der Waals surface area contributed by atoms with Crippen molar-refractivity contribution in [3.8, 4) is 0 Å². The summed E-state index contributed by atoms with van der Waals surface area (Å²) in [4.78, 5) is 0. The maximum atomic E-state index is 14.0. The van der Waals surface area contributed by atoms with Gasteiger partial charge in [0.15, 0.2) is 0 Å². The Bertz CT molecular complexity index is 463. The Morgan fingerprint density at radius 3 is 1.17 bits per heavy atom. The van der Waals surface area contributed by atoms with Crippen LogP contribution >= 0.6 is 0 Å². The van der Waals surface area contributed by atoms with E-state index in [0.717, 1.165) is 48.5 Å². The zero-order valence-electron chi connectivity index (χ0n) is 9.71. The molecule has 0 nitrogen and oxygen atoms in total. The van der Waals surface area contributed by atoms with Crippen LogP contribution < -0.4 is 62.3 Å². The Morgan fingerprint density at radius 2 is 0.889 bits per heavy atom. The zero-order chi connectivity index (χ0) is 12.5. The second-order valence-electron chi connectivity index (χ2n) is 3.77. The fourth-order valence-corrected chi connectivity index (χ4v) is 1.60. The van der Waals surface area contributed by atoms with Crippen molar-refractivity contribution in [2.24, 2.45) is 0 Å². The molecular formula is C12H8BF4K. The molecule has 2 aromatic rings. The second-order valence-corrected chi connectivity index (χ2v) is 3.77. The molecule has 0 atom stereocenters. The Kier molecular flexibility index (Phi) is 5.61. The fraction of sp³-hybridized carbons (Fsp3) is 0. The van der Waals surface area contributed by atoms with E-state index < -0.39 is 18.3 Å². The van der Waals surface area contributed by atoms with E-state index >= 15 is 0 Å². The number of hydrogen-bond acceptors (Lipinski definition) is 0. The summed E-state index contributed by atoms with van der Waals surface area (Å²) in [6, 6.07) is 8.08. The van der Waals surface area contributed by atoms with E-state index in [1.54, 1.807) is 0 Å². The van der Waals surface area contributed by atoms with Crippen molar-refractivity contribution in [1.82, 2.24) is 0 Å². The minimum atomic E-state index is -3.97. The molecule has 0 saturated carbocycles. The Hall–Kier alpha value is -0.139. The molecule has 0 saturated heterocycles. The molecule has 0 spiro atoms. The maximum absolute atomic E-state index is 14.0. The number of halogens is 4. The molecule has 0 aliphatic rings. The van der Waals surface area contributed by atoms with Gasteiger partial charge >= 0.3 is 58.1 Å². The first-order valence-electron chi connectivity index (χ1n) is 5.03. The molecule has 0 unspecified atom stereocenters. The second kappa shape index (κ2) is 6.34. The largest absolute Gasteiger partial charge is 1.00 e. The van der Waals surface area contributed by atoms with Crippen LogP contribution in [0.3, 0.4) is 0 Å². The number of benzene rings is 2. The molecule has 6 heteroatoms. The number of rotatable bonds is 2. The topological polar surface area (TPSA) is 0 Å². The van der Waals surface area contributed by atoms with Gasteiger partial charge in [0.05, 0.1) is 0 Å². The molecule has 88 valence electrons. The van der Waals surface area contributed by atoms with Crippen LogP contribution in [-0.2, 0) is 0 Å². The van der Waals surface area contributed by atoms with Crippen molar-refractivity contribution in [3.63, 3.8) is 0 Å².